The molecule has 0 bridgehead atoms. The minimum absolute atomic E-state index is 0.0671. The van der Waals surface area contributed by atoms with Crippen LogP contribution in [0.1, 0.15) is 49.1 Å². The van der Waals surface area contributed by atoms with E-state index < -0.39 is 10.0 Å². The summed E-state index contributed by atoms with van der Waals surface area (Å²) in [4.78, 5) is 1.23. The third-order valence-corrected chi connectivity index (χ3v) is 6.63. The van der Waals surface area contributed by atoms with Crippen molar-refractivity contribution >= 4 is 21.4 Å². The van der Waals surface area contributed by atoms with Gasteiger partial charge in [-0.2, -0.15) is 4.31 Å². The van der Waals surface area contributed by atoms with Gasteiger partial charge in [-0.05, 0) is 43.7 Å². The van der Waals surface area contributed by atoms with Crippen LogP contribution in [0, 0.1) is 6.92 Å². The van der Waals surface area contributed by atoms with Crippen LogP contribution in [0.4, 0.5) is 0 Å². The van der Waals surface area contributed by atoms with Crippen LogP contribution < -0.4 is 0 Å². The van der Waals surface area contributed by atoms with Gasteiger partial charge < -0.3 is 0 Å². The van der Waals surface area contributed by atoms with Gasteiger partial charge >= 0.3 is 0 Å². The highest BCUT2D eigenvalue weighted by Crippen LogP contribution is 2.36. The second-order valence-electron chi connectivity index (χ2n) is 4.84. The molecule has 0 aliphatic carbocycles. The number of hydrogen-bond donors (Lipinski definition) is 0. The van der Waals surface area contributed by atoms with Gasteiger partial charge in [-0.3, -0.25) is 0 Å². The zero-order chi connectivity index (χ0) is 13.2. The highest BCUT2D eigenvalue weighted by Gasteiger charge is 2.32. The molecule has 18 heavy (non-hydrogen) atoms. The quantitative estimate of drug-likeness (QED) is 0.855. The van der Waals surface area contributed by atoms with Crippen molar-refractivity contribution in [3.63, 3.8) is 0 Å². The molecule has 1 saturated heterocycles. The van der Waals surface area contributed by atoms with Crippen molar-refractivity contribution in [1.29, 1.82) is 0 Å². The Hall–Kier alpha value is -0.390. The summed E-state index contributed by atoms with van der Waals surface area (Å²) in [7, 11) is -3.10. The van der Waals surface area contributed by atoms with Gasteiger partial charge in [-0.1, -0.05) is 12.8 Å². The third-order valence-electron chi connectivity index (χ3n) is 3.63. The largest absolute Gasteiger partial charge is 0.214 e. The van der Waals surface area contributed by atoms with E-state index in [0.717, 1.165) is 25.7 Å². The topological polar surface area (TPSA) is 37.4 Å². The van der Waals surface area contributed by atoms with E-state index in [9.17, 15) is 8.42 Å². The van der Waals surface area contributed by atoms with Crippen molar-refractivity contribution < 1.29 is 8.42 Å². The number of nitrogens with zero attached hydrogens (tertiary/aromatic N) is 1. The molecule has 102 valence electrons. The van der Waals surface area contributed by atoms with E-state index in [1.807, 2.05) is 0 Å². The van der Waals surface area contributed by atoms with Gasteiger partial charge in [0.25, 0.3) is 0 Å². The Balaban J connectivity index is 2.37. The molecule has 0 radical (unpaired) electrons. The normalized spacial score (nSPS) is 22.9. The lowest BCUT2D eigenvalue weighted by Gasteiger charge is -2.28. The Bertz CT molecular complexity index is 493. The van der Waals surface area contributed by atoms with E-state index in [2.05, 4.69) is 18.4 Å². The maximum Gasteiger partial charge on any atom is 0.214 e. The van der Waals surface area contributed by atoms with Crippen molar-refractivity contribution in [2.75, 3.05) is 12.3 Å². The average Bonchev–Trinajstić information content (AvgIpc) is 2.63. The number of hydrogen-bond acceptors (Lipinski definition) is 3. The molecular formula is C13H21NO2S2. The second-order valence-corrected chi connectivity index (χ2v) is 8.00. The summed E-state index contributed by atoms with van der Waals surface area (Å²) in [6.45, 7) is 4.49. The van der Waals surface area contributed by atoms with Gasteiger partial charge in [0.1, 0.15) is 0 Å². The summed E-state index contributed by atoms with van der Waals surface area (Å²) < 4.78 is 26.3. The van der Waals surface area contributed by atoms with Crippen molar-refractivity contribution in [3.05, 3.63) is 21.9 Å². The van der Waals surface area contributed by atoms with E-state index in [1.54, 1.807) is 22.6 Å². The number of aryl methyl sites for hydroxylation is 1. The molecule has 0 spiro atoms. The Morgan fingerprint density at radius 2 is 2.17 bits per heavy atom. The first-order valence-electron chi connectivity index (χ1n) is 6.59. The number of sulfonamides is 1. The molecule has 0 aromatic carbocycles. The third kappa shape index (κ3) is 2.78. The smallest absolute Gasteiger partial charge is 0.212 e. The summed E-state index contributed by atoms with van der Waals surface area (Å²) in [5.41, 5.74) is 1.23. The SMILES string of the molecule is CCS(=O)(=O)N1CCCCCC1c1sccc1C. The van der Waals surface area contributed by atoms with Crippen molar-refractivity contribution in [2.45, 2.75) is 45.6 Å². The predicted molar refractivity (Wildman–Crippen MR) is 76.4 cm³/mol. The molecular weight excluding hydrogens is 266 g/mol. The molecule has 2 heterocycles. The fourth-order valence-corrected chi connectivity index (χ4v) is 5.05. The van der Waals surface area contributed by atoms with Gasteiger partial charge in [0.15, 0.2) is 0 Å². The molecule has 1 fully saturated rings. The molecule has 5 heteroatoms. The van der Waals surface area contributed by atoms with Crippen LogP contribution in [-0.2, 0) is 10.0 Å². The highest BCUT2D eigenvalue weighted by molar-refractivity contribution is 7.89. The molecule has 1 atom stereocenters. The summed E-state index contributed by atoms with van der Waals surface area (Å²) in [6, 6.07) is 2.15. The predicted octanol–water partition coefficient (Wildman–Crippen LogP) is 3.32. The van der Waals surface area contributed by atoms with Gasteiger partial charge in [0.2, 0.25) is 10.0 Å². The van der Waals surface area contributed by atoms with Gasteiger partial charge in [0, 0.05) is 11.4 Å². The molecule has 1 aromatic rings. The van der Waals surface area contributed by atoms with Crippen LogP contribution in [-0.4, -0.2) is 25.0 Å². The van der Waals surface area contributed by atoms with Crippen molar-refractivity contribution in [2.24, 2.45) is 0 Å². The fraction of sp³-hybridized carbons (Fsp3) is 0.692. The summed E-state index contributed by atoms with van der Waals surface area (Å²) in [5.74, 6) is 0.202. The lowest BCUT2D eigenvalue weighted by atomic mass is 10.1. The molecule has 1 aliphatic rings. The maximum atomic E-state index is 12.3. The Labute approximate surface area is 114 Å². The second kappa shape index (κ2) is 5.72. The highest BCUT2D eigenvalue weighted by atomic mass is 32.2. The molecule has 1 aliphatic heterocycles. The molecule has 3 nitrogen and oxygen atoms in total. The first-order valence-corrected chi connectivity index (χ1v) is 9.08. The summed E-state index contributed by atoms with van der Waals surface area (Å²) >= 11 is 1.69. The molecule has 2 rings (SSSR count). The van der Waals surface area contributed by atoms with Crippen LogP contribution in [0.15, 0.2) is 11.4 Å². The van der Waals surface area contributed by atoms with E-state index >= 15 is 0 Å². The van der Waals surface area contributed by atoms with Crippen LogP contribution in [0.2, 0.25) is 0 Å². The number of rotatable bonds is 3. The van der Waals surface area contributed by atoms with E-state index in [0.29, 0.717) is 6.54 Å². The molecule has 0 saturated carbocycles. The van der Waals surface area contributed by atoms with Crippen LogP contribution in [0.25, 0.3) is 0 Å². The van der Waals surface area contributed by atoms with Crippen LogP contribution in [0.3, 0.4) is 0 Å². The zero-order valence-electron chi connectivity index (χ0n) is 11.1. The molecule has 1 unspecified atom stereocenters. The van der Waals surface area contributed by atoms with Gasteiger partial charge in [0.05, 0.1) is 11.8 Å². The Morgan fingerprint density at radius 3 is 2.78 bits per heavy atom. The fourth-order valence-electron chi connectivity index (χ4n) is 2.57. The molecule has 1 aromatic heterocycles. The van der Waals surface area contributed by atoms with E-state index in [4.69, 9.17) is 0 Å². The Kier molecular flexibility index (Phi) is 4.45. The standard InChI is InChI=1S/C13H21NO2S2/c1-3-18(15,16)14-9-6-4-5-7-12(14)13-11(2)8-10-17-13/h8,10,12H,3-7,9H2,1-2H3. The van der Waals surface area contributed by atoms with Crippen LogP contribution in [0.5, 0.6) is 0 Å². The maximum absolute atomic E-state index is 12.3. The molecule has 0 N–H and O–H groups in total. The first-order chi connectivity index (χ1) is 8.56. The van der Waals surface area contributed by atoms with Gasteiger partial charge in [-0.25, -0.2) is 8.42 Å². The minimum Gasteiger partial charge on any atom is -0.212 e. The van der Waals surface area contributed by atoms with E-state index in [1.165, 1.54) is 10.4 Å². The average molecular weight is 287 g/mol. The lowest BCUT2D eigenvalue weighted by Crippen LogP contribution is -2.35. The first kappa shape index (κ1) is 14.0. The molecule has 0 amide bonds. The summed E-state index contributed by atoms with van der Waals surface area (Å²) in [5, 5.41) is 2.06. The zero-order valence-corrected chi connectivity index (χ0v) is 12.7. The summed E-state index contributed by atoms with van der Waals surface area (Å²) in [6.07, 6.45) is 4.20. The monoisotopic (exact) mass is 287 g/mol. The lowest BCUT2D eigenvalue weighted by molar-refractivity contribution is 0.333. The van der Waals surface area contributed by atoms with Crippen LogP contribution >= 0.6 is 11.3 Å². The minimum atomic E-state index is -3.10. The van der Waals surface area contributed by atoms with Crippen molar-refractivity contribution in [1.82, 2.24) is 4.31 Å². The Morgan fingerprint density at radius 1 is 1.39 bits per heavy atom. The van der Waals surface area contributed by atoms with Crippen molar-refractivity contribution in [3.8, 4) is 0 Å². The van der Waals surface area contributed by atoms with E-state index in [-0.39, 0.29) is 11.8 Å². The number of thiophene rings is 1. The van der Waals surface area contributed by atoms with Gasteiger partial charge in [-0.15, -0.1) is 11.3 Å².